The van der Waals surface area contributed by atoms with Crippen molar-refractivity contribution in [2.75, 3.05) is 0 Å². The third-order valence-corrected chi connectivity index (χ3v) is 2.58. The quantitative estimate of drug-likeness (QED) is 0.744. The van der Waals surface area contributed by atoms with Crippen molar-refractivity contribution >= 4 is 5.97 Å². The average Bonchev–Trinajstić information content (AvgIpc) is 1.74. The summed E-state index contributed by atoms with van der Waals surface area (Å²) in [6, 6.07) is 0. The second kappa shape index (κ2) is 3.54. The summed E-state index contributed by atoms with van der Waals surface area (Å²) in [5, 5.41) is 8.77. The zero-order valence-corrected chi connectivity index (χ0v) is 9.46. The maximum Gasteiger partial charge on any atom is 0.303 e. The van der Waals surface area contributed by atoms with Crippen LogP contribution in [0.4, 0.5) is 0 Å². The summed E-state index contributed by atoms with van der Waals surface area (Å²) in [6.07, 6.45) is 1.93. The molecule has 0 aromatic rings. The molecule has 0 aromatic carbocycles. The van der Waals surface area contributed by atoms with E-state index in [1.54, 1.807) is 0 Å². The van der Waals surface area contributed by atoms with Gasteiger partial charge in [-0.05, 0) is 46.5 Å². The zero-order valence-electron chi connectivity index (χ0n) is 9.46. The fourth-order valence-corrected chi connectivity index (χ4v) is 2.69. The van der Waals surface area contributed by atoms with E-state index >= 15 is 0 Å². The first-order chi connectivity index (χ1) is 6.20. The molecule has 3 nitrogen and oxygen atoms in total. The minimum absolute atomic E-state index is 0.193. The van der Waals surface area contributed by atoms with Gasteiger partial charge in [0, 0.05) is 6.42 Å². The summed E-state index contributed by atoms with van der Waals surface area (Å²) < 4.78 is 5.88. The maximum atomic E-state index is 10.6. The van der Waals surface area contributed by atoms with Crippen molar-refractivity contribution in [2.45, 2.75) is 58.2 Å². The normalized spacial score (nSPS) is 26.0. The molecule has 1 rings (SSSR count). The Morgan fingerprint density at radius 1 is 1.29 bits per heavy atom. The molecular weight excluding hydrogens is 180 g/mol. The summed E-state index contributed by atoms with van der Waals surface area (Å²) >= 11 is 0. The molecule has 1 aliphatic heterocycles. The molecule has 0 atom stereocenters. The maximum absolute atomic E-state index is 10.6. The number of aliphatic carboxylic acids is 1. The Morgan fingerprint density at radius 3 is 2.07 bits per heavy atom. The van der Waals surface area contributed by atoms with Crippen LogP contribution in [0.2, 0.25) is 0 Å². The lowest BCUT2D eigenvalue weighted by Crippen LogP contribution is -2.45. The number of carboxylic acid groups (broad SMARTS) is 1. The van der Waals surface area contributed by atoms with Gasteiger partial charge in [0.2, 0.25) is 0 Å². The molecule has 0 radical (unpaired) electrons. The highest BCUT2D eigenvalue weighted by Gasteiger charge is 2.39. The van der Waals surface area contributed by atoms with Gasteiger partial charge in [0.1, 0.15) is 0 Å². The third-order valence-electron chi connectivity index (χ3n) is 2.58. The standard InChI is InChI=1S/C11H20O3/c1-10(2)6-8(5-9(12)13)7-11(3,4)14-10/h8H,5-7H2,1-4H3,(H,12,13). The predicted octanol–water partition coefficient (Wildman–Crippen LogP) is 2.44. The topological polar surface area (TPSA) is 46.5 Å². The van der Waals surface area contributed by atoms with Crippen LogP contribution >= 0.6 is 0 Å². The van der Waals surface area contributed by atoms with Crippen molar-refractivity contribution < 1.29 is 14.6 Å². The molecule has 82 valence electrons. The highest BCUT2D eigenvalue weighted by molar-refractivity contribution is 5.67. The highest BCUT2D eigenvalue weighted by atomic mass is 16.5. The molecule has 1 N–H and O–H groups in total. The third kappa shape index (κ3) is 3.29. The van der Waals surface area contributed by atoms with Gasteiger partial charge in [-0.25, -0.2) is 0 Å². The lowest BCUT2D eigenvalue weighted by molar-refractivity contribution is -0.176. The molecule has 0 unspecified atom stereocenters. The first-order valence-corrected chi connectivity index (χ1v) is 5.12. The van der Waals surface area contributed by atoms with Crippen molar-refractivity contribution in [1.29, 1.82) is 0 Å². The molecule has 1 aliphatic rings. The molecule has 1 heterocycles. The van der Waals surface area contributed by atoms with E-state index in [-0.39, 0.29) is 23.5 Å². The van der Waals surface area contributed by atoms with Crippen LogP contribution in [0, 0.1) is 5.92 Å². The van der Waals surface area contributed by atoms with Gasteiger partial charge in [-0.3, -0.25) is 4.79 Å². The van der Waals surface area contributed by atoms with Crippen LogP contribution in [-0.2, 0) is 9.53 Å². The summed E-state index contributed by atoms with van der Waals surface area (Å²) in [5.41, 5.74) is -0.385. The Bertz CT molecular complexity index is 215. The largest absolute Gasteiger partial charge is 0.481 e. The predicted molar refractivity (Wildman–Crippen MR) is 54.2 cm³/mol. The van der Waals surface area contributed by atoms with E-state index in [0.717, 1.165) is 12.8 Å². The summed E-state index contributed by atoms with van der Waals surface area (Å²) in [6.45, 7) is 8.12. The average molecular weight is 200 g/mol. The fraction of sp³-hybridized carbons (Fsp3) is 0.909. The van der Waals surface area contributed by atoms with E-state index in [0.29, 0.717) is 0 Å². The van der Waals surface area contributed by atoms with Gasteiger partial charge in [-0.2, -0.15) is 0 Å². The van der Waals surface area contributed by atoms with Gasteiger partial charge in [0.25, 0.3) is 0 Å². The Labute approximate surface area is 85.5 Å². The SMILES string of the molecule is CC1(C)CC(CC(=O)O)CC(C)(C)O1. The molecule has 0 amide bonds. The highest BCUT2D eigenvalue weighted by Crippen LogP contribution is 2.39. The van der Waals surface area contributed by atoms with Gasteiger partial charge in [-0.15, -0.1) is 0 Å². The molecule has 3 heteroatoms. The molecule has 0 bridgehead atoms. The minimum atomic E-state index is -0.705. The van der Waals surface area contributed by atoms with Crippen LogP contribution in [0.5, 0.6) is 0 Å². The van der Waals surface area contributed by atoms with Gasteiger partial charge in [0.05, 0.1) is 11.2 Å². The molecule has 0 spiro atoms. The zero-order chi connectivity index (χ0) is 11.0. The van der Waals surface area contributed by atoms with E-state index in [9.17, 15) is 4.79 Å². The van der Waals surface area contributed by atoms with Crippen LogP contribution < -0.4 is 0 Å². The molecule has 1 saturated heterocycles. The second-order valence-corrected chi connectivity index (χ2v) is 5.49. The lowest BCUT2D eigenvalue weighted by atomic mass is 9.79. The Kier molecular flexibility index (Phi) is 2.91. The molecule has 0 saturated carbocycles. The van der Waals surface area contributed by atoms with Crippen molar-refractivity contribution in [3.8, 4) is 0 Å². The van der Waals surface area contributed by atoms with Gasteiger partial charge >= 0.3 is 5.97 Å². The van der Waals surface area contributed by atoms with Crippen LogP contribution in [0.15, 0.2) is 0 Å². The van der Waals surface area contributed by atoms with Crippen LogP contribution in [0.1, 0.15) is 47.0 Å². The second-order valence-electron chi connectivity index (χ2n) is 5.49. The van der Waals surface area contributed by atoms with Crippen molar-refractivity contribution in [3.63, 3.8) is 0 Å². The first kappa shape index (κ1) is 11.5. The number of carbonyl (C=O) groups is 1. The van der Waals surface area contributed by atoms with E-state index in [1.165, 1.54) is 0 Å². The van der Waals surface area contributed by atoms with Crippen molar-refractivity contribution in [3.05, 3.63) is 0 Å². The Morgan fingerprint density at radius 2 is 1.71 bits per heavy atom. The van der Waals surface area contributed by atoms with Crippen LogP contribution in [-0.4, -0.2) is 22.3 Å². The Balaban J connectivity index is 2.66. The van der Waals surface area contributed by atoms with Gasteiger partial charge in [-0.1, -0.05) is 0 Å². The summed E-state index contributed by atoms with van der Waals surface area (Å²) in [5.74, 6) is -0.463. The van der Waals surface area contributed by atoms with Gasteiger partial charge in [0.15, 0.2) is 0 Å². The number of ether oxygens (including phenoxy) is 1. The van der Waals surface area contributed by atoms with Crippen molar-refractivity contribution in [1.82, 2.24) is 0 Å². The number of rotatable bonds is 2. The molecule has 1 fully saturated rings. The molecule has 0 aliphatic carbocycles. The van der Waals surface area contributed by atoms with Gasteiger partial charge < -0.3 is 9.84 Å². The Hall–Kier alpha value is -0.570. The van der Waals surface area contributed by atoms with E-state index in [4.69, 9.17) is 9.84 Å². The fourth-order valence-electron chi connectivity index (χ4n) is 2.69. The number of hydrogen-bond donors (Lipinski definition) is 1. The van der Waals surface area contributed by atoms with E-state index in [2.05, 4.69) is 0 Å². The first-order valence-electron chi connectivity index (χ1n) is 5.12. The van der Waals surface area contributed by atoms with Crippen molar-refractivity contribution in [2.24, 2.45) is 5.92 Å². The lowest BCUT2D eigenvalue weighted by Gasteiger charge is -2.45. The van der Waals surface area contributed by atoms with Crippen LogP contribution in [0.3, 0.4) is 0 Å². The molecule has 0 aromatic heterocycles. The molecular formula is C11H20O3. The minimum Gasteiger partial charge on any atom is -0.481 e. The summed E-state index contributed by atoms with van der Waals surface area (Å²) in [4.78, 5) is 10.6. The molecule has 14 heavy (non-hydrogen) atoms. The smallest absolute Gasteiger partial charge is 0.303 e. The van der Waals surface area contributed by atoms with E-state index in [1.807, 2.05) is 27.7 Å². The number of carboxylic acids is 1. The monoisotopic (exact) mass is 200 g/mol. The summed E-state index contributed by atoms with van der Waals surface area (Å²) in [7, 11) is 0. The number of hydrogen-bond acceptors (Lipinski definition) is 2. The van der Waals surface area contributed by atoms with E-state index < -0.39 is 5.97 Å². The van der Waals surface area contributed by atoms with Crippen LogP contribution in [0.25, 0.3) is 0 Å².